The van der Waals surface area contributed by atoms with E-state index in [1.807, 2.05) is 19.0 Å². The van der Waals surface area contributed by atoms with Crippen LogP contribution in [-0.4, -0.2) is 61.2 Å². The Morgan fingerprint density at radius 2 is 2.04 bits per heavy atom. The molecule has 0 bridgehead atoms. The summed E-state index contributed by atoms with van der Waals surface area (Å²) in [4.78, 5) is 20.6. The molecular weight excluding hydrogens is 350 g/mol. The minimum Gasteiger partial charge on any atom is -0.376 e. The van der Waals surface area contributed by atoms with Gasteiger partial charge in [-0.15, -0.1) is 0 Å². The Labute approximate surface area is 159 Å². The number of aromatic nitrogens is 2. The van der Waals surface area contributed by atoms with E-state index in [9.17, 15) is 4.79 Å². The second-order valence-electron chi connectivity index (χ2n) is 8.29. The average Bonchev–Trinajstić information content (AvgIpc) is 3.11. The Kier molecular flexibility index (Phi) is 5.05. The molecule has 0 unspecified atom stereocenters. The minimum absolute atomic E-state index is 0.0445. The number of rotatable bonds is 6. The van der Waals surface area contributed by atoms with Crippen molar-refractivity contribution in [3.63, 3.8) is 0 Å². The van der Waals surface area contributed by atoms with Crippen LogP contribution in [0.2, 0.25) is 0 Å². The molecule has 2 saturated carbocycles. The molecule has 26 heavy (non-hydrogen) atoms. The highest BCUT2D eigenvalue weighted by Gasteiger charge is 2.44. The fourth-order valence-corrected chi connectivity index (χ4v) is 4.98. The van der Waals surface area contributed by atoms with Crippen LogP contribution in [0, 0.1) is 17.8 Å². The summed E-state index contributed by atoms with van der Waals surface area (Å²) in [6, 6.07) is 0.138. The van der Waals surface area contributed by atoms with Crippen LogP contribution in [0.1, 0.15) is 32.6 Å². The van der Waals surface area contributed by atoms with Crippen molar-refractivity contribution in [2.45, 2.75) is 44.8 Å². The summed E-state index contributed by atoms with van der Waals surface area (Å²) < 4.78 is 10.7. The van der Waals surface area contributed by atoms with Gasteiger partial charge in [0.15, 0.2) is 0 Å². The van der Waals surface area contributed by atoms with Crippen LogP contribution in [-0.2, 0) is 9.53 Å². The van der Waals surface area contributed by atoms with E-state index in [2.05, 4.69) is 19.6 Å². The molecule has 0 spiro atoms. The zero-order chi connectivity index (χ0) is 18.3. The molecule has 1 amide bonds. The number of hydrogen-bond acceptors (Lipinski definition) is 7. The number of anilines is 2. The molecule has 1 aromatic rings. The lowest BCUT2D eigenvalue weighted by Gasteiger charge is -2.38. The van der Waals surface area contributed by atoms with Gasteiger partial charge in [0.1, 0.15) is 0 Å². The second kappa shape index (κ2) is 7.31. The van der Waals surface area contributed by atoms with E-state index < -0.39 is 0 Å². The zero-order valence-electron chi connectivity index (χ0n) is 15.9. The number of amides is 1. The monoisotopic (exact) mass is 379 g/mol. The van der Waals surface area contributed by atoms with E-state index in [0.29, 0.717) is 11.8 Å². The predicted molar refractivity (Wildman–Crippen MR) is 103 cm³/mol. The lowest BCUT2D eigenvalue weighted by molar-refractivity contribution is -0.122. The molecule has 1 saturated heterocycles. The average molecular weight is 380 g/mol. The third-order valence-electron chi connectivity index (χ3n) is 5.82. The summed E-state index contributed by atoms with van der Waals surface area (Å²) in [6.45, 7) is 4.47. The van der Waals surface area contributed by atoms with Crippen molar-refractivity contribution >= 4 is 28.5 Å². The molecule has 1 aliphatic heterocycles. The molecule has 3 aliphatic rings. The first-order valence-electron chi connectivity index (χ1n) is 9.64. The third-order valence-corrected chi connectivity index (χ3v) is 6.59. The smallest absolute Gasteiger partial charge is 0.238 e. The van der Waals surface area contributed by atoms with Gasteiger partial charge in [0.2, 0.25) is 17.0 Å². The van der Waals surface area contributed by atoms with Crippen molar-refractivity contribution in [2.75, 3.05) is 43.6 Å². The summed E-state index contributed by atoms with van der Waals surface area (Å²) in [5, 5.41) is 4.16. The van der Waals surface area contributed by atoms with E-state index in [4.69, 9.17) is 4.74 Å². The molecule has 8 heteroatoms. The summed E-state index contributed by atoms with van der Waals surface area (Å²) >= 11 is 1.48. The predicted octanol–water partition coefficient (Wildman–Crippen LogP) is 1.75. The van der Waals surface area contributed by atoms with Gasteiger partial charge in [-0.05, 0) is 43.4 Å². The summed E-state index contributed by atoms with van der Waals surface area (Å²) in [5.74, 6) is 2.76. The Balaban J connectivity index is 1.42. The lowest BCUT2D eigenvalue weighted by Crippen LogP contribution is -2.50. The number of ether oxygens (including phenoxy) is 1. The van der Waals surface area contributed by atoms with Gasteiger partial charge in [0.05, 0.1) is 12.1 Å². The highest BCUT2D eigenvalue weighted by Crippen LogP contribution is 2.40. The number of fused-ring (bicyclic) bond motifs is 1. The second-order valence-corrected chi connectivity index (χ2v) is 9.02. The molecule has 7 nitrogen and oxygen atoms in total. The van der Waals surface area contributed by atoms with E-state index >= 15 is 0 Å². The Morgan fingerprint density at radius 1 is 1.31 bits per heavy atom. The van der Waals surface area contributed by atoms with Gasteiger partial charge in [-0.25, -0.2) is 0 Å². The van der Waals surface area contributed by atoms with Gasteiger partial charge in [-0.1, -0.05) is 0 Å². The van der Waals surface area contributed by atoms with Crippen molar-refractivity contribution in [3.05, 3.63) is 0 Å². The number of nitrogens with one attached hydrogen (secondary N) is 1. The van der Waals surface area contributed by atoms with Gasteiger partial charge >= 0.3 is 0 Å². The molecule has 2 heterocycles. The SMILES string of the molecule is CC(=O)N[C@@H]1C[C@@H]2CN(c3nc(N(C)C)ns3)C[C@@H]2C[C@H]1OCC1CC1. The molecular formula is C18H29N5O2S. The van der Waals surface area contributed by atoms with E-state index in [1.165, 1.54) is 24.4 Å². The highest BCUT2D eigenvalue weighted by atomic mass is 32.1. The molecule has 1 N–H and O–H groups in total. The molecule has 1 aromatic heterocycles. The Hall–Kier alpha value is -1.41. The lowest BCUT2D eigenvalue weighted by atomic mass is 9.77. The first-order chi connectivity index (χ1) is 12.5. The molecule has 0 aromatic carbocycles. The van der Waals surface area contributed by atoms with Gasteiger partial charge < -0.3 is 19.9 Å². The maximum Gasteiger partial charge on any atom is 0.238 e. The van der Waals surface area contributed by atoms with Gasteiger partial charge in [-0.2, -0.15) is 9.36 Å². The van der Waals surface area contributed by atoms with Crippen molar-refractivity contribution in [3.8, 4) is 0 Å². The summed E-state index contributed by atoms with van der Waals surface area (Å²) in [7, 11) is 3.94. The van der Waals surface area contributed by atoms with Crippen LogP contribution in [0.4, 0.5) is 11.1 Å². The maximum absolute atomic E-state index is 11.7. The molecule has 0 radical (unpaired) electrons. The fraction of sp³-hybridized carbons (Fsp3) is 0.833. The fourth-order valence-electron chi connectivity index (χ4n) is 4.23. The number of carbonyl (C=O) groups is 1. The van der Waals surface area contributed by atoms with Gasteiger partial charge in [0, 0.05) is 52.2 Å². The number of carbonyl (C=O) groups excluding carboxylic acids is 1. The molecule has 144 valence electrons. The third kappa shape index (κ3) is 3.96. The van der Waals surface area contributed by atoms with Crippen molar-refractivity contribution < 1.29 is 9.53 Å². The topological polar surface area (TPSA) is 70.6 Å². The molecule has 4 atom stereocenters. The Morgan fingerprint density at radius 3 is 2.65 bits per heavy atom. The Bertz CT molecular complexity index is 647. The number of hydrogen-bond donors (Lipinski definition) is 1. The van der Waals surface area contributed by atoms with E-state index in [0.717, 1.165) is 49.5 Å². The van der Waals surface area contributed by atoms with Crippen molar-refractivity contribution in [1.29, 1.82) is 0 Å². The van der Waals surface area contributed by atoms with Crippen LogP contribution in [0.15, 0.2) is 0 Å². The van der Waals surface area contributed by atoms with E-state index in [-0.39, 0.29) is 18.1 Å². The van der Waals surface area contributed by atoms with Crippen LogP contribution in [0.3, 0.4) is 0 Å². The molecule has 2 aliphatic carbocycles. The quantitative estimate of drug-likeness (QED) is 0.812. The first-order valence-corrected chi connectivity index (χ1v) is 10.4. The van der Waals surface area contributed by atoms with Crippen LogP contribution in [0.5, 0.6) is 0 Å². The maximum atomic E-state index is 11.7. The standard InChI is InChI=1S/C18H29N5O2S/c1-11(24)19-15-6-13-8-23(18-20-17(21-26-18)22(2)3)9-14(13)7-16(15)25-10-12-4-5-12/h12-16H,4-10H2,1-3H3,(H,19,24)/t13-,14+,15-,16-/m1/s1. The molecule has 3 fully saturated rings. The zero-order valence-corrected chi connectivity index (χ0v) is 16.7. The summed E-state index contributed by atoms with van der Waals surface area (Å²) in [5.41, 5.74) is 0. The molecule has 4 rings (SSSR count). The van der Waals surface area contributed by atoms with Gasteiger partial charge in [0.25, 0.3) is 0 Å². The van der Waals surface area contributed by atoms with Crippen molar-refractivity contribution in [2.24, 2.45) is 17.8 Å². The number of nitrogens with zero attached hydrogens (tertiary/aromatic N) is 4. The van der Waals surface area contributed by atoms with E-state index in [1.54, 1.807) is 6.92 Å². The highest BCUT2D eigenvalue weighted by molar-refractivity contribution is 7.09. The van der Waals surface area contributed by atoms with Crippen LogP contribution < -0.4 is 15.1 Å². The first kappa shape index (κ1) is 18.0. The van der Waals surface area contributed by atoms with Gasteiger partial charge in [-0.3, -0.25) is 4.79 Å². The largest absolute Gasteiger partial charge is 0.376 e. The van der Waals surface area contributed by atoms with Crippen LogP contribution in [0.25, 0.3) is 0 Å². The van der Waals surface area contributed by atoms with Crippen LogP contribution >= 0.6 is 11.5 Å². The van der Waals surface area contributed by atoms with Crippen molar-refractivity contribution in [1.82, 2.24) is 14.7 Å². The normalized spacial score (nSPS) is 31.0. The summed E-state index contributed by atoms with van der Waals surface area (Å²) in [6.07, 6.45) is 4.76. The minimum atomic E-state index is 0.0445.